The van der Waals surface area contributed by atoms with Crippen LogP contribution in [-0.4, -0.2) is 37.2 Å². The summed E-state index contributed by atoms with van der Waals surface area (Å²) in [6.45, 7) is 6.24. The predicted octanol–water partition coefficient (Wildman–Crippen LogP) is 23.7. The van der Waals surface area contributed by atoms with Crippen molar-refractivity contribution in [1.82, 2.24) is 0 Å². The maximum absolute atomic E-state index is 12.9. The van der Waals surface area contributed by atoms with Gasteiger partial charge in [0.1, 0.15) is 13.2 Å². The topological polar surface area (TPSA) is 78.9 Å². The van der Waals surface area contributed by atoms with Gasteiger partial charge in [0.2, 0.25) is 0 Å². The third kappa shape index (κ3) is 67.7. The minimum atomic E-state index is -0.825. The van der Waals surface area contributed by atoms with Crippen molar-refractivity contribution in [2.75, 3.05) is 13.2 Å². The molecule has 0 bridgehead atoms. The van der Waals surface area contributed by atoms with Crippen molar-refractivity contribution in [2.45, 2.75) is 297 Å². The monoisotopic (exact) mass is 1140 g/mol. The van der Waals surface area contributed by atoms with Crippen LogP contribution < -0.4 is 0 Å². The molecule has 0 saturated heterocycles. The molecule has 6 heteroatoms. The Morgan fingerprint density at radius 2 is 0.446 bits per heavy atom. The summed E-state index contributed by atoms with van der Waals surface area (Å²) in [5.74, 6) is -0.994. The highest BCUT2D eigenvalue weighted by molar-refractivity contribution is 5.71. The zero-order chi connectivity index (χ0) is 59.9. The van der Waals surface area contributed by atoms with Gasteiger partial charge < -0.3 is 14.2 Å². The molecule has 0 spiro atoms. The molecule has 0 aromatic rings. The second-order valence-corrected chi connectivity index (χ2v) is 21.9. The lowest BCUT2D eigenvalue weighted by Crippen LogP contribution is -2.30. The quantitative estimate of drug-likeness (QED) is 0.0261. The van der Waals surface area contributed by atoms with Crippen molar-refractivity contribution in [2.24, 2.45) is 0 Å². The summed E-state index contributed by atoms with van der Waals surface area (Å²) in [6.07, 6.45) is 101. The molecule has 0 aliphatic carbocycles. The van der Waals surface area contributed by atoms with E-state index in [1.54, 1.807) is 0 Å². The number of hydrogen-bond donors (Lipinski definition) is 0. The average molecular weight is 1150 g/mol. The average Bonchev–Trinajstić information content (AvgIpc) is 3.50. The molecule has 1 atom stereocenters. The van der Waals surface area contributed by atoms with Gasteiger partial charge in [-0.25, -0.2) is 0 Å². The molecular weight excluding hydrogens is 1020 g/mol. The molecule has 0 radical (unpaired) electrons. The highest BCUT2D eigenvalue weighted by Crippen LogP contribution is 2.16. The van der Waals surface area contributed by atoms with E-state index in [0.29, 0.717) is 19.3 Å². The lowest BCUT2D eigenvalue weighted by Gasteiger charge is -2.18. The van der Waals surface area contributed by atoms with Gasteiger partial charge in [-0.3, -0.25) is 14.4 Å². The first-order valence-corrected chi connectivity index (χ1v) is 34.0. The molecule has 0 aromatic carbocycles. The van der Waals surface area contributed by atoms with E-state index in [4.69, 9.17) is 14.2 Å². The van der Waals surface area contributed by atoms with Gasteiger partial charge in [0.15, 0.2) is 6.10 Å². The molecule has 83 heavy (non-hydrogen) atoms. The maximum atomic E-state index is 12.9. The summed E-state index contributed by atoms with van der Waals surface area (Å²) in [5, 5.41) is 0. The molecule has 0 aliphatic rings. The number of rotatable bonds is 60. The van der Waals surface area contributed by atoms with Crippen molar-refractivity contribution >= 4 is 17.9 Å². The normalized spacial score (nSPS) is 13.1. The van der Waals surface area contributed by atoms with Crippen molar-refractivity contribution in [3.05, 3.63) is 158 Å². The minimum Gasteiger partial charge on any atom is -0.462 e. The first-order chi connectivity index (χ1) is 41.0. The van der Waals surface area contributed by atoms with Crippen LogP contribution >= 0.6 is 0 Å². The molecule has 0 aromatic heterocycles. The van der Waals surface area contributed by atoms with E-state index in [1.807, 2.05) is 0 Å². The Bertz CT molecular complexity index is 1840. The van der Waals surface area contributed by atoms with E-state index in [0.717, 1.165) is 141 Å². The van der Waals surface area contributed by atoms with E-state index in [1.165, 1.54) is 103 Å². The van der Waals surface area contributed by atoms with Gasteiger partial charge >= 0.3 is 17.9 Å². The van der Waals surface area contributed by atoms with Crippen LogP contribution in [0.2, 0.25) is 0 Å². The summed E-state index contributed by atoms with van der Waals surface area (Å²) >= 11 is 0. The number of carbonyl (C=O) groups is 3. The fourth-order valence-corrected chi connectivity index (χ4v) is 9.05. The van der Waals surface area contributed by atoms with Crippen LogP contribution in [0.25, 0.3) is 0 Å². The summed E-state index contributed by atoms with van der Waals surface area (Å²) in [7, 11) is 0. The number of carbonyl (C=O) groups excluding carboxylic acids is 3. The SMILES string of the molecule is CC/C=C\C/C=C\C/C=C\C/C=C\C/C=C\CCCC(=O)OC(COC(=O)CCCCCC/C=C\C/C=C\C/C=C\C/C=C\CC)COC(=O)CCCCCCCCCCCCCCCCCCCC/C=C\C/C=C\C/C=C\C/C=C\CC. The molecule has 0 fully saturated rings. The third-order valence-electron chi connectivity index (χ3n) is 14.0. The smallest absolute Gasteiger partial charge is 0.306 e. The molecular formula is C77H124O6. The van der Waals surface area contributed by atoms with Gasteiger partial charge in [-0.1, -0.05) is 294 Å². The van der Waals surface area contributed by atoms with Crippen molar-refractivity contribution in [1.29, 1.82) is 0 Å². The Labute approximate surface area is 511 Å². The summed E-state index contributed by atoms with van der Waals surface area (Å²) in [5.41, 5.74) is 0. The van der Waals surface area contributed by atoms with Crippen LogP contribution in [0.5, 0.6) is 0 Å². The zero-order valence-electron chi connectivity index (χ0n) is 53.7. The number of unbranched alkanes of at least 4 members (excludes halogenated alkanes) is 23. The number of ether oxygens (including phenoxy) is 3. The van der Waals surface area contributed by atoms with E-state index >= 15 is 0 Å². The van der Waals surface area contributed by atoms with Crippen LogP contribution in [0, 0.1) is 0 Å². The highest BCUT2D eigenvalue weighted by atomic mass is 16.6. The molecule has 0 amide bonds. The first kappa shape index (κ1) is 78.0. The number of allylic oxidation sites excluding steroid dienone is 26. The largest absolute Gasteiger partial charge is 0.462 e. The number of esters is 3. The van der Waals surface area contributed by atoms with E-state index in [9.17, 15) is 14.4 Å². The summed E-state index contributed by atoms with van der Waals surface area (Å²) in [6, 6.07) is 0. The van der Waals surface area contributed by atoms with Crippen LogP contribution in [0.15, 0.2) is 158 Å². The fourth-order valence-electron chi connectivity index (χ4n) is 9.05. The summed E-state index contributed by atoms with van der Waals surface area (Å²) in [4.78, 5) is 38.4. The van der Waals surface area contributed by atoms with Crippen molar-refractivity contribution in [3.8, 4) is 0 Å². The molecule has 0 rings (SSSR count). The van der Waals surface area contributed by atoms with Crippen LogP contribution in [-0.2, 0) is 28.6 Å². The third-order valence-corrected chi connectivity index (χ3v) is 14.0. The highest BCUT2D eigenvalue weighted by Gasteiger charge is 2.19. The van der Waals surface area contributed by atoms with Gasteiger partial charge in [0.25, 0.3) is 0 Å². The predicted molar refractivity (Wildman–Crippen MR) is 362 cm³/mol. The lowest BCUT2D eigenvalue weighted by molar-refractivity contribution is -0.167. The standard InChI is InChI=1S/C77H124O6/c1-4-7-10-13-16-19-22-25-28-31-32-33-34-35-36-37-38-39-40-41-42-43-44-47-49-52-55-58-61-64-67-70-76(79)82-73-74(83-77(80)71-68-65-62-59-56-53-50-46-30-27-24-21-18-15-12-9-6-3)72-81-75(78)69-66-63-60-57-54-51-48-45-29-26-23-20-17-14-11-8-5-2/h7-12,16-21,25-30,32-33,48,50-51,53,59,62,74H,4-6,13-15,22-24,31,34-47,49,52,54-58,60-61,63-73H2,1-3H3/b10-7-,11-8-,12-9-,19-16-,20-17-,21-18-,28-25-,29-26-,30-27-,33-32-,51-48-,53-50-,62-59-. The van der Waals surface area contributed by atoms with Crippen molar-refractivity contribution < 1.29 is 28.6 Å². The fraction of sp³-hybridized carbons (Fsp3) is 0.623. The maximum Gasteiger partial charge on any atom is 0.306 e. The summed E-state index contributed by atoms with van der Waals surface area (Å²) < 4.78 is 16.9. The Balaban J connectivity index is 4.34. The van der Waals surface area contributed by atoms with E-state index < -0.39 is 6.10 Å². The Morgan fingerprint density at radius 3 is 0.711 bits per heavy atom. The Hall–Kier alpha value is -4.97. The number of hydrogen-bond acceptors (Lipinski definition) is 6. The molecule has 1 unspecified atom stereocenters. The van der Waals surface area contributed by atoms with Crippen LogP contribution in [0.1, 0.15) is 290 Å². The Morgan fingerprint density at radius 1 is 0.241 bits per heavy atom. The second kappa shape index (κ2) is 69.5. The van der Waals surface area contributed by atoms with Gasteiger partial charge in [0.05, 0.1) is 0 Å². The molecule has 0 saturated carbocycles. The van der Waals surface area contributed by atoms with Gasteiger partial charge in [-0.2, -0.15) is 0 Å². The zero-order valence-corrected chi connectivity index (χ0v) is 53.7. The van der Waals surface area contributed by atoms with Gasteiger partial charge in [-0.05, 0) is 135 Å². The second-order valence-electron chi connectivity index (χ2n) is 21.9. The molecule has 6 nitrogen and oxygen atoms in total. The van der Waals surface area contributed by atoms with Crippen molar-refractivity contribution in [3.63, 3.8) is 0 Å². The first-order valence-electron chi connectivity index (χ1n) is 34.0. The molecule has 0 aliphatic heterocycles. The molecule has 0 heterocycles. The van der Waals surface area contributed by atoms with Gasteiger partial charge in [0, 0.05) is 19.3 Å². The van der Waals surface area contributed by atoms with Gasteiger partial charge in [-0.15, -0.1) is 0 Å². The lowest BCUT2D eigenvalue weighted by atomic mass is 10.0. The Kier molecular flexibility index (Phi) is 65.4. The van der Waals surface area contributed by atoms with Crippen LogP contribution in [0.3, 0.4) is 0 Å². The molecule has 0 N–H and O–H groups in total. The van der Waals surface area contributed by atoms with E-state index in [-0.39, 0.29) is 37.5 Å². The van der Waals surface area contributed by atoms with Crippen LogP contribution in [0.4, 0.5) is 0 Å². The van der Waals surface area contributed by atoms with E-state index in [2.05, 4.69) is 179 Å². The minimum absolute atomic E-state index is 0.113. The molecule has 468 valence electrons.